The maximum Gasteiger partial charge on any atom is 0.253 e. The Bertz CT molecular complexity index is 399. The number of hydrogen-bond donors (Lipinski definition) is 2. The third-order valence-corrected chi connectivity index (χ3v) is 2.57. The fraction of sp³-hybridized carbons (Fsp3) is 0.400. The lowest BCUT2D eigenvalue weighted by Gasteiger charge is -2.11. The molecule has 18 heavy (non-hydrogen) atoms. The van der Waals surface area contributed by atoms with Crippen molar-refractivity contribution in [2.75, 3.05) is 18.4 Å². The first kappa shape index (κ1) is 14.3. The molecule has 0 spiro atoms. The van der Waals surface area contributed by atoms with Crippen LogP contribution in [0.5, 0.6) is 0 Å². The van der Waals surface area contributed by atoms with Gasteiger partial charge in [-0.05, 0) is 31.9 Å². The lowest BCUT2D eigenvalue weighted by atomic mass is 10.1. The third kappa shape index (κ3) is 4.62. The van der Waals surface area contributed by atoms with Gasteiger partial charge < -0.3 is 10.6 Å². The van der Waals surface area contributed by atoms with Gasteiger partial charge in [0.05, 0.1) is 5.56 Å². The van der Waals surface area contributed by atoms with Gasteiger partial charge in [-0.15, -0.1) is 0 Å². The van der Waals surface area contributed by atoms with Crippen molar-refractivity contribution in [2.24, 2.45) is 0 Å². The quantitative estimate of drug-likeness (QED) is 0.573. The van der Waals surface area contributed by atoms with Crippen LogP contribution < -0.4 is 10.6 Å². The van der Waals surface area contributed by atoms with E-state index < -0.39 is 0 Å². The van der Waals surface area contributed by atoms with Gasteiger partial charge in [-0.3, -0.25) is 4.79 Å². The fourth-order valence-electron chi connectivity index (χ4n) is 1.63. The SMILES string of the molecule is C/C=C/CCNC(=O)c1ccccc1NCCC. The molecule has 0 bridgehead atoms. The van der Waals surface area contributed by atoms with E-state index in [0.717, 1.165) is 25.1 Å². The lowest BCUT2D eigenvalue weighted by molar-refractivity contribution is 0.0955. The fourth-order valence-corrected chi connectivity index (χ4v) is 1.63. The van der Waals surface area contributed by atoms with E-state index in [2.05, 4.69) is 17.6 Å². The Morgan fingerprint density at radius 1 is 1.28 bits per heavy atom. The van der Waals surface area contributed by atoms with E-state index in [1.165, 1.54) is 0 Å². The molecular weight excluding hydrogens is 224 g/mol. The van der Waals surface area contributed by atoms with Gasteiger partial charge in [0.1, 0.15) is 0 Å². The summed E-state index contributed by atoms with van der Waals surface area (Å²) in [4.78, 5) is 12.0. The zero-order chi connectivity index (χ0) is 13.2. The lowest BCUT2D eigenvalue weighted by Crippen LogP contribution is -2.25. The Balaban J connectivity index is 2.60. The second-order valence-electron chi connectivity index (χ2n) is 4.09. The normalized spacial score (nSPS) is 10.6. The second kappa shape index (κ2) is 8.34. The molecule has 0 aliphatic rings. The number of nitrogens with one attached hydrogen (secondary N) is 2. The Labute approximate surface area is 109 Å². The minimum absolute atomic E-state index is 0.0151. The summed E-state index contributed by atoms with van der Waals surface area (Å²) in [6.07, 6.45) is 5.94. The highest BCUT2D eigenvalue weighted by Crippen LogP contribution is 2.14. The number of anilines is 1. The molecule has 98 valence electrons. The molecule has 0 aromatic heterocycles. The van der Waals surface area contributed by atoms with E-state index in [1.807, 2.05) is 43.3 Å². The maximum absolute atomic E-state index is 12.0. The van der Waals surface area contributed by atoms with E-state index in [-0.39, 0.29) is 5.91 Å². The van der Waals surface area contributed by atoms with Crippen LogP contribution in [0.1, 0.15) is 37.0 Å². The van der Waals surface area contributed by atoms with Crippen molar-refractivity contribution < 1.29 is 4.79 Å². The Morgan fingerprint density at radius 2 is 2.06 bits per heavy atom. The zero-order valence-electron chi connectivity index (χ0n) is 11.2. The van der Waals surface area contributed by atoms with Crippen molar-refractivity contribution in [1.29, 1.82) is 0 Å². The maximum atomic E-state index is 12.0. The largest absolute Gasteiger partial charge is 0.384 e. The molecule has 0 saturated carbocycles. The summed E-state index contributed by atoms with van der Waals surface area (Å²) in [7, 11) is 0. The average Bonchev–Trinajstić information content (AvgIpc) is 2.41. The summed E-state index contributed by atoms with van der Waals surface area (Å²) in [5.74, 6) is -0.0151. The third-order valence-electron chi connectivity index (χ3n) is 2.57. The summed E-state index contributed by atoms with van der Waals surface area (Å²) in [5, 5.41) is 6.19. The molecule has 0 aliphatic carbocycles. The smallest absolute Gasteiger partial charge is 0.253 e. The van der Waals surface area contributed by atoms with Crippen molar-refractivity contribution in [2.45, 2.75) is 26.7 Å². The summed E-state index contributed by atoms with van der Waals surface area (Å²) in [5.41, 5.74) is 1.62. The second-order valence-corrected chi connectivity index (χ2v) is 4.09. The first-order valence-electron chi connectivity index (χ1n) is 6.51. The Kier molecular flexibility index (Phi) is 6.62. The van der Waals surface area contributed by atoms with Gasteiger partial charge in [-0.25, -0.2) is 0 Å². The molecule has 1 rings (SSSR count). The van der Waals surface area contributed by atoms with E-state index in [0.29, 0.717) is 12.1 Å². The molecule has 0 radical (unpaired) electrons. The van der Waals surface area contributed by atoms with Gasteiger partial charge >= 0.3 is 0 Å². The monoisotopic (exact) mass is 246 g/mol. The molecule has 3 nitrogen and oxygen atoms in total. The number of allylic oxidation sites excluding steroid dienone is 1. The van der Waals surface area contributed by atoms with Crippen LogP contribution in [0.4, 0.5) is 5.69 Å². The van der Waals surface area contributed by atoms with Gasteiger partial charge in [-0.2, -0.15) is 0 Å². The molecular formula is C15H22N2O. The van der Waals surface area contributed by atoms with Crippen LogP contribution in [0, 0.1) is 0 Å². The molecule has 1 aromatic rings. The average molecular weight is 246 g/mol. The number of benzene rings is 1. The highest BCUT2D eigenvalue weighted by Gasteiger charge is 2.09. The van der Waals surface area contributed by atoms with E-state index >= 15 is 0 Å². The summed E-state index contributed by atoms with van der Waals surface area (Å²) >= 11 is 0. The van der Waals surface area contributed by atoms with Crippen molar-refractivity contribution in [3.05, 3.63) is 42.0 Å². The number of rotatable bonds is 7. The number of amides is 1. The van der Waals surface area contributed by atoms with E-state index in [4.69, 9.17) is 0 Å². The summed E-state index contributed by atoms with van der Waals surface area (Å²) in [6.45, 7) is 5.63. The standard InChI is InChI=1S/C15H22N2O/c1-3-5-8-12-17-15(18)13-9-6-7-10-14(13)16-11-4-2/h3,5-7,9-10,16H,4,8,11-12H2,1-2H3,(H,17,18)/b5-3+. The number of carbonyl (C=O) groups excluding carboxylic acids is 1. The Morgan fingerprint density at radius 3 is 2.78 bits per heavy atom. The molecule has 0 aliphatic heterocycles. The van der Waals surface area contributed by atoms with Crippen molar-refractivity contribution >= 4 is 11.6 Å². The van der Waals surface area contributed by atoms with Crippen molar-refractivity contribution in [1.82, 2.24) is 5.32 Å². The first-order chi connectivity index (χ1) is 8.79. The van der Waals surface area contributed by atoms with E-state index in [9.17, 15) is 4.79 Å². The van der Waals surface area contributed by atoms with Crippen LogP contribution in [0.25, 0.3) is 0 Å². The van der Waals surface area contributed by atoms with Crippen LogP contribution in [-0.2, 0) is 0 Å². The van der Waals surface area contributed by atoms with Crippen LogP contribution in [0.15, 0.2) is 36.4 Å². The van der Waals surface area contributed by atoms with Gasteiger partial charge in [0.2, 0.25) is 0 Å². The van der Waals surface area contributed by atoms with Gasteiger partial charge in [-0.1, -0.05) is 31.2 Å². The van der Waals surface area contributed by atoms with Crippen molar-refractivity contribution in [3.8, 4) is 0 Å². The molecule has 0 saturated heterocycles. The van der Waals surface area contributed by atoms with Crippen LogP contribution >= 0.6 is 0 Å². The number of hydrogen-bond acceptors (Lipinski definition) is 2. The van der Waals surface area contributed by atoms with Crippen LogP contribution in [-0.4, -0.2) is 19.0 Å². The van der Waals surface area contributed by atoms with E-state index in [1.54, 1.807) is 0 Å². The highest BCUT2D eigenvalue weighted by molar-refractivity contribution is 5.99. The molecule has 0 fully saturated rings. The zero-order valence-corrected chi connectivity index (χ0v) is 11.2. The minimum Gasteiger partial charge on any atom is -0.384 e. The predicted molar refractivity (Wildman–Crippen MR) is 77.0 cm³/mol. The minimum atomic E-state index is -0.0151. The van der Waals surface area contributed by atoms with Crippen LogP contribution in [0.3, 0.4) is 0 Å². The Hall–Kier alpha value is -1.77. The first-order valence-corrected chi connectivity index (χ1v) is 6.51. The molecule has 2 N–H and O–H groups in total. The summed E-state index contributed by atoms with van der Waals surface area (Å²) < 4.78 is 0. The molecule has 1 amide bonds. The molecule has 1 aromatic carbocycles. The van der Waals surface area contributed by atoms with Gasteiger partial charge in [0.15, 0.2) is 0 Å². The van der Waals surface area contributed by atoms with Gasteiger partial charge in [0, 0.05) is 18.8 Å². The topological polar surface area (TPSA) is 41.1 Å². The predicted octanol–water partition coefficient (Wildman–Crippen LogP) is 3.20. The van der Waals surface area contributed by atoms with Crippen LogP contribution in [0.2, 0.25) is 0 Å². The molecule has 0 heterocycles. The molecule has 3 heteroatoms. The summed E-state index contributed by atoms with van der Waals surface area (Å²) in [6, 6.07) is 7.62. The number of para-hydroxylation sites is 1. The van der Waals surface area contributed by atoms with Crippen molar-refractivity contribution in [3.63, 3.8) is 0 Å². The molecule has 0 atom stereocenters. The highest BCUT2D eigenvalue weighted by atomic mass is 16.1. The molecule has 0 unspecified atom stereocenters. The van der Waals surface area contributed by atoms with Gasteiger partial charge in [0.25, 0.3) is 5.91 Å². The number of carbonyl (C=O) groups is 1.